The van der Waals surface area contributed by atoms with E-state index in [0.717, 1.165) is 50.2 Å². The monoisotopic (exact) mass is 247 g/mol. The fourth-order valence-corrected chi connectivity index (χ4v) is 2.28. The number of carbonyl (C=O) groups is 1. The van der Waals surface area contributed by atoms with Crippen LogP contribution in [0, 0.1) is 0 Å². The largest absolute Gasteiger partial charge is 0.339 e. The van der Waals surface area contributed by atoms with Gasteiger partial charge in [-0.05, 0) is 38.4 Å². The summed E-state index contributed by atoms with van der Waals surface area (Å²) in [5.74, 6) is 0.155. The number of amides is 1. The Hall–Kier alpha value is -1.42. The molecule has 0 radical (unpaired) electrons. The van der Waals surface area contributed by atoms with Gasteiger partial charge in [0.1, 0.15) is 0 Å². The molecule has 1 saturated heterocycles. The fourth-order valence-electron chi connectivity index (χ4n) is 2.28. The zero-order valence-electron chi connectivity index (χ0n) is 11.0. The first-order valence-corrected chi connectivity index (χ1v) is 6.70. The van der Waals surface area contributed by atoms with Gasteiger partial charge in [0.25, 0.3) is 5.91 Å². The van der Waals surface area contributed by atoms with Gasteiger partial charge in [-0.25, -0.2) is 0 Å². The molecule has 4 heteroatoms. The van der Waals surface area contributed by atoms with Crippen LogP contribution in [-0.4, -0.2) is 42.5 Å². The molecule has 0 aliphatic carbocycles. The highest BCUT2D eigenvalue weighted by Crippen LogP contribution is 2.13. The normalized spacial score (nSPS) is 15.7. The van der Waals surface area contributed by atoms with E-state index in [1.165, 1.54) is 6.42 Å². The van der Waals surface area contributed by atoms with Crippen LogP contribution in [0.2, 0.25) is 0 Å². The SMILES string of the molecule is CNCCc1cc(C(=O)N2CCCCC2)ccn1. The van der Waals surface area contributed by atoms with Crippen molar-refractivity contribution >= 4 is 5.91 Å². The Balaban J connectivity index is 2.04. The van der Waals surface area contributed by atoms with Gasteiger partial charge in [-0.3, -0.25) is 9.78 Å². The third kappa shape index (κ3) is 3.29. The van der Waals surface area contributed by atoms with Gasteiger partial charge in [0, 0.05) is 43.5 Å². The maximum atomic E-state index is 12.3. The van der Waals surface area contributed by atoms with Crippen molar-refractivity contribution in [2.75, 3.05) is 26.7 Å². The number of hydrogen-bond donors (Lipinski definition) is 1. The van der Waals surface area contributed by atoms with Crippen LogP contribution in [0.1, 0.15) is 35.3 Å². The molecule has 1 aliphatic heterocycles. The Morgan fingerprint density at radius 1 is 1.39 bits per heavy atom. The maximum Gasteiger partial charge on any atom is 0.253 e. The quantitative estimate of drug-likeness (QED) is 0.876. The molecule has 98 valence electrons. The number of likely N-dealkylation sites (N-methyl/N-ethyl adjacent to an activating group) is 1. The third-order valence-corrected chi connectivity index (χ3v) is 3.34. The number of aromatic nitrogens is 1. The first-order valence-electron chi connectivity index (χ1n) is 6.70. The first kappa shape index (κ1) is 13.0. The molecule has 1 aliphatic rings. The smallest absolute Gasteiger partial charge is 0.253 e. The van der Waals surface area contributed by atoms with Crippen LogP contribution in [0.4, 0.5) is 0 Å². The molecule has 1 aromatic rings. The Morgan fingerprint density at radius 3 is 2.89 bits per heavy atom. The molecule has 2 rings (SSSR count). The fraction of sp³-hybridized carbons (Fsp3) is 0.571. The number of rotatable bonds is 4. The maximum absolute atomic E-state index is 12.3. The second-order valence-corrected chi connectivity index (χ2v) is 4.74. The van der Waals surface area contributed by atoms with E-state index in [9.17, 15) is 4.79 Å². The van der Waals surface area contributed by atoms with Gasteiger partial charge >= 0.3 is 0 Å². The minimum atomic E-state index is 0.155. The molecular formula is C14H21N3O. The minimum absolute atomic E-state index is 0.155. The van der Waals surface area contributed by atoms with Gasteiger partial charge in [-0.15, -0.1) is 0 Å². The molecule has 1 amide bonds. The van der Waals surface area contributed by atoms with Crippen LogP contribution in [0.5, 0.6) is 0 Å². The van der Waals surface area contributed by atoms with Crippen molar-refractivity contribution in [2.45, 2.75) is 25.7 Å². The Bertz CT molecular complexity index is 400. The average molecular weight is 247 g/mol. The van der Waals surface area contributed by atoms with E-state index in [4.69, 9.17) is 0 Å². The van der Waals surface area contributed by atoms with Crippen LogP contribution in [-0.2, 0) is 6.42 Å². The summed E-state index contributed by atoms with van der Waals surface area (Å²) in [5, 5.41) is 3.09. The van der Waals surface area contributed by atoms with Crippen LogP contribution in [0.15, 0.2) is 18.3 Å². The number of pyridine rings is 1. The van der Waals surface area contributed by atoms with Crippen molar-refractivity contribution < 1.29 is 4.79 Å². The zero-order chi connectivity index (χ0) is 12.8. The number of nitrogens with zero attached hydrogens (tertiary/aromatic N) is 2. The molecule has 2 heterocycles. The summed E-state index contributed by atoms with van der Waals surface area (Å²) in [5.41, 5.74) is 1.75. The predicted molar refractivity (Wildman–Crippen MR) is 71.6 cm³/mol. The van der Waals surface area contributed by atoms with Crippen molar-refractivity contribution in [2.24, 2.45) is 0 Å². The summed E-state index contributed by atoms with van der Waals surface area (Å²) in [6, 6.07) is 3.74. The van der Waals surface area contributed by atoms with E-state index in [-0.39, 0.29) is 5.91 Å². The lowest BCUT2D eigenvalue weighted by molar-refractivity contribution is 0.0724. The second kappa shape index (κ2) is 6.50. The summed E-state index contributed by atoms with van der Waals surface area (Å²) in [6.45, 7) is 2.67. The zero-order valence-corrected chi connectivity index (χ0v) is 11.0. The van der Waals surface area contributed by atoms with Crippen LogP contribution >= 0.6 is 0 Å². The lowest BCUT2D eigenvalue weighted by Crippen LogP contribution is -2.35. The van der Waals surface area contributed by atoms with E-state index >= 15 is 0 Å². The Labute approximate surface area is 108 Å². The van der Waals surface area contributed by atoms with Gasteiger partial charge in [-0.1, -0.05) is 0 Å². The van der Waals surface area contributed by atoms with Crippen LogP contribution in [0.25, 0.3) is 0 Å². The first-order chi connectivity index (χ1) is 8.81. The lowest BCUT2D eigenvalue weighted by Gasteiger charge is -2.26. The predicted octanol–water partition coefficient (Wildman–Crippen LogP) is 1.47. The van der Waals surface area contributed by atoms with Crippen molar-refractivity contribution in [3.8, 4) is 0 Å². The van der Waals surface area contributed by atoms with E-state index in [0.29, 0.717) is 0 Å². The Morgan fingerprint density at radius 2 is 2.17 bits per heavy atom. The number of hydrogen-bond acceptors (Lipinski definition) is 3. The van der Waals surface area contributed by atoms with Crippen LogP contribution < -0.4 is 5.32 Å². The molecule has 4 nitrogen and oxygen atoms in total. The van der Waals surface area contributed by atoms with Crippen LogP contribution in [0.3, 0.4) is 0 Å². The number of likely N-dealkylation sites (tertiary alicyclic amines) is 1. The number of carbonyl (C=O) groups excluding carboxylic acids is 1. The van der Waals surface area contributed by atoms with Crippen molar-refractivity contribution in [3.05, 3.63) is 29.6 Å². The van der Waals surface area contributed by atoms with E-state index in [1.807, 2.05) is 24.1 Å². The molecule has 0 aromatic carbocycles. The van der Waals surface area contributed by atoms with Gasteiger partial charge in [0.05, 0.1) is 0 Å². The lowest BCUT2D eigenvalue weighted by atomic mass is 10.1. The number of piperidine rings is 1. The molecular weight excluding hydrogens is 226 g/mol. The highest BCUT2D eigenvalue weighted by molar-refractivity contribution is 5.94. The number of nitrogens with one attached hydrogen (secondary N) is 1. The summed E-state index contributed by atoms with van der Waals surface area (Å²) in [4.78, 5) is 18.6. The summed E-state index contributed by atoms with van der Waals surface area (Å²) in [6.07, 6.45) is 6.10. The van der Waals surface area contributed by atoms with Gasteiger partial charge in [0.2, 0.25) is 0 Å². The average Bonchev–Trinajstić information content (AvgIpc) is 2.45. The summed E-state index contributed by atoms with van der Waals surface area (Å²) >= 11 is 0. The third-order valence-electron chi connectivity index (χ3n) is 3.34. The van der Waals surface area contributed by atoms with Gasteiger partial charge in [0.15, 0.2) is 0 Å². The summed E-state index contributed by atoms with van der Waals surface area (Å²) in [7, 11) is 1.92. The van der Waals surface area contributed by atoms with Gasteiger partial charge in [-0.2, -0.15) is 0 Å². The molecule has 0 unspecified atom stereocenters. The molecule has 1 fully saturated rings. The molecule has 0 atom stereocenters. The molecule has 0 bridgehead atoms. The molecule has 1 aromatic heterocycles. The van der Waals surface area contributed by atoms with Crippen molar-refractivity contribution in [1.29, 1.82) is 0 Å². The molecule has 1 N–H and O–H groups in total. The molecule has 18 heavy (non-hydrogen) atoms. The topological polar surface area (TPSA) is 45.2 Å². The standard InChI is InChI=1S/C14H21N3O/c1-15-7-6-13-11-12(5-8-16-13)14(18)17-9-3-2-4-10-17/h5,8,11,15H,2-4,6-7,9-10H2,1H3. The molecule has 0 saturated carbocycles. The Kier molecular flexibility index (Phi) is 4.70. The highest BCUT2D eigenvalue weighted by Gasteiger charge is 2.18. The highest BCUT2D eigenvalue weighted by atomic mass is 16.2. The van der Waals surface area contributed by atoms with Crippen molar-refractivity contribution in [1.82, 2.24) is 15.2 Å². The van der Waals surface area contributed by atoms with Gasteiger partial charge < -0.3 is 10.2 Å². The van der Waals surface area contributed by atoms with E-state index in [1.54, 1.807) is 6.20 Å². The summed E-state index contributed by atoms with van der Waals surface area (Å²) < 4.78 is 0. The van der Waals surface area contributed by atoms with E-state index in [2.05, 4.69) is 10.3 Å². The molecule has 0 spiro atoms. The van der Waals surface area contributed by atoms with Crippen molar-refractivity contribution in [3.63, 3.8) is 0 Å². The second-order valence-electron chi connectivity index (χ2n) is 4.74. The van der Waals surface area contributed by atoms with E-state index < -0.39 is 0 Å². The minimum Gasteiger partial charge on any atom is -0.339 e.